The van der Waals surface area contributed by atoms with E-state index in [0.717, 1.165) is 43.6 Å². The third-order valence-corrected chi connectivity index (χ3v) is 4.78. The summed E-state index contributed by atoms with van der Waals surface area (Å²) < 4.78 is 26.2. The van der Waals surface area contributed by atoms with E-state index in [1.165, 1.54) is 6.07 Å². The van der Waals surface area contributed by atoms with Gasteiger partial charge in [0.05, 0.1) is 11.3 Å². The van der Waals surface area contributed by atoms with Gasteiger partial charge in [-0.2, -0.15) is 0 Å². The largest absolute Gasteiger partial charge is 0.339 e. The number of carbonyl (C=O) groups excluding carboxylic acids is 2. The summed E-state index contributed by atoms with van der Waals surface area (Å²) in [7, 11) is 0. The molecule has 3 rings (SSSR count). The number of aryl methyl sites for hydroxylation is 2. The third-order valence-electron chi connectivity index (χ3n) is 4.78. The molecule has 1 fully saturated rings. The van der Waals surface area contributed by atoms with Gasteiger partial charge in [0, 0.05) is 19.5 Å². The van der Waals surface area contributed by atoms with E-state index in [4.69, 9.17) is 0 Å². The molecule has 0 spiro atoms. The first-order valence-electron chi connectivity index (χ1n) is 9.08. The summed E-state index contributed by atoms with van der Waals surface area (Å²) in [6.07, 6.45) is 2.38. The second kappa shape index (κ2) is 8.29. The molecule has 0 aromatic heterocycles. The van der Waals surface area contributed by atoms with Crippen molar-refractivity contribution in [3.05, 3.63) is 64.7 Å². The van der Waals surface area contributed by atoms with Gasteiger partial charge in [0.1, 0.15) is 0 Å². The van der Waals surface area contributed by atoms with E-state index in [-0.39, 0.29) is 24.7 Å². The Morgan fingerprint density at radius 3 is 2.52 bits per heavy atom. The minimum absolute atomic E-state index is 0.0681. The summed E-state index contributed by atoms with van der Waals surface area (Å²) >= 11 is 0. The van der Waals surface area contributed by atoms with E-state index >= 15 is 0 Å². The van der Waals surface area contributed by atoms with Crippen molar-refractivity contribution in [3.8, 4) is 0 Å². The number of amides is 2. The van der Waals surface area contributed by atoms with Crippen LogP contribution in [0.5, 0.6) is 0 Å². The molecular weight excluding hydrogens is 350 g/mol. The van der Waals surface area contributed by atoms with E-state index in [0.29, 0.717) is 16.8 Å². The first kappa shape index (κ1) is 19.0. The molecule has 4 nitrogen and oxygen atoms in total. The number of carbonyl (C=O) groups is 2. The lowest BCUT2D eigenvalue weighted by atomic mass is 10.0. The molecule has 1 aliphatic rings. The summed E-state index contributed by atoms with van der Waals surface area (Å²) in [5.74, 6) is -2.18. The lowest BCUT2D eigenvalue weighted by Gasteiger charge is -2.19. The zero-order valence-electron chi connectivity index (χ0n) is 15.2. The molecule has 0 radical (unpaired) electrons. The third kappa shape index (κ3) is 4.51. The van der Waals surface area contributed by atoms with Crippen molar-refractivity contribution in [2.75, 3.05) is 18.4 Å². The molecule has 2 aromatic rings. The number of benzene rings is 2. The van der Waals surface area contributed by atoms with Crippen LogP contribution < -0.4 is 5.32 Å². The van der Waals surface area contributed by atoms with Crippen LogP contribution in [0, 0.1) is 18.6 Å². The monoisotopic (exact) mass is 372 g/mol. The SMILES string of the molecule is Cc1cccc(NC(=O)CCc2ccc(F)c(F)c2)c1C(=O)N1CCCC1. The second-order valence-electron chi connectivity index (χ2n) is 6.79. The Kier molecular flexibility index (Phi) is 5.84. The average molecular weight is 372 g/mol. The van der Waals surface area contributed by atoms with Crippen LogP contribution in [0.3, 0.4) is 0 Å². The highest BCUT2D eigenvalue weighted by molar-refractivity contribution is 6.05. The van der Waals surface area contributed by atoms with Crippen LogP contribution in [0.15, 0.2) is 36.4 Å². The van der Waals surface area contributed by atoms with E-state index < -0.39 is 11.6 Å². The highest BCUT2D eigenvalue weighted by atomic mass is 19.2. The molecule has 2 amide bonds. The Labute approximate surface area is 157 Å². The van der Waals surface area contributed by atoms with Gasteiger partial charge in [0.2, 0.25) is 5.91 Å². The van der Waals surface area contributed by atoms with Crippen molar-refractivity contribution in [2.24, 2.45) is 0 Å². The van der Waals surface area contributed by atoms with Gasteiger partial charge in [0.15, 0.2) is 11.6 Å². The van der Waals surface area contributed by atoms with E-state index in [1.54, 1.807) is 17.0 Å². The Balaban J connectivity index is 1.69. The fraction of sp³-hybridized carbons (Fsp3) is 0.333. The highest BCUT2D eigenvalue weighted by Gasteiger charge is 2.24. The number of halogens is 2. The number of hydrogen-bond acceptors (Lipinski definition) is 2. The van der Waals surface area contributed by atoms with Gasteiger partial charge in [-0.25, -0.2) is 8.78 Å². The molecule has 2 aromatic carbocycles. The summed E-state index contributed by atoms with van der Waals surface area (Å²) in [4.78, 5) is 27.0. The van der Waals surface area contributed by atoms with Gasteiger partial charge in [0.25, 0.3) is 5.91 Å². The molecule has 142 valence electrons. The van der Waals surface area contributed by atoms with Crippen LogP contribution in [-0.4, -0.2) is 29.8 Å². The molecule has 1 N–H and O–H groups in total. The molecule has 0 atom stereocenters. The molecule has 0 bridgehead atoms. The molecule has 1 saturated heterocycles. The van der Waals surface area contributed by atoms with Gasteiger partial charge in [-0.3, -0.25) is 9.59 Å². The first-order chi connectivity index (χ1) is 13.0. The number of likely N-dealkylation sites (tertiary alicyclic amines) is 1. The number of hydrogen-bond donors (Lipinski definition) is 1. The predicted octanol–water partition coefficient (Wildman–Crippen LogP) is 4.08. The molecule has 0 unspecified atom stereocenters. The van der Waals surface area contributed by atoms with Crippen molar-refractivity contribution < 1.29 is 18.4 Å². The summed E-state index contributed by atoms with van der Waals surface area (Å²) in [5.41, 5.74) is 2.36. The lowest BCUT2D eigenvalue weighted by Crippen LogP contribution is -2.29. The van der Waals surface area contributed by atoms with Gasteiger partial charge in [-0.15, -0.1) is 0 Å². The number of nitrogens with zero attached hydrogens (tertiary/aromatic N) is 1. The maximum atomic E-state index is 13.3. The average Bonchev–Trinajstić information content (AvgIpc) is 3.17. The Bertz CT molecular complexity index is 861. The number of anilines is 1. The van der Waals surface area contributed by atoms with Crippen LogP contribution in [0.1, 0.15) is 40.7 Å². The second-order valence-corrected chi connectivity index (χ2v) is 6.79. The Hall–Kier alpha value is -2.76. The van der Waals surface area contributed by atoms with Crippen LogP contribution >= 0.6 is 0 Å². The van der Waals surface area contributed by atoms with Crippen molar-refractivity contribution in [2.45, 2.75) is 32.6 Å². The quantitative estimate of drug-likeness (QED) is 0.860. The van der Waals surface area contributed by atoms with Crippen molar-refractivity contribution in [1.29, 1.82) is 0 Å². The predicted molar refractivity (Wildman–Crippen MR) is 99.6 cm³/mol. The van der Waals surface area contributed by atoms with Gasteiger partial charge in [-0.1, -0.05) is 18.2 Å². The van der Waals surface area contributed by atoms with Crippen LogP contribution in [0.4, 0.5) is 14.5 Å². The van der Waals surface area contributed by atoms with E-state index in [9.17, 15) is 18.4 Å². The zero-order valence-corrected chi connectivity index (χ0v) is 15.2. The summed E-state index contributed by atoms with van der Waals surface area (Å²) in [5, 5.41) is 2.80. The van der Waals surface area contributed by atoms with Gasteiger partial charge < -0.3 is 10.2 Å². The molecule has 27 heavy (non-hydrogen) atoms. The van der Waals surface area contributed by atoms with Crippen LogP contribution in [0.25, 0.3) is 0 Å². The minimum atomic E-state index is -0.926. The summed E-state index contributed by atoms with van der Waals surface area (Å²) in [6, 6.07) is 8.96. The smallest absolute Gasteiger partial charge is 0.256 e. The maximum Gasteiger partial charge on any atom is 0.256 e. The lowest BCUT2D eigenvalue weighted by molar-refractivity contribution is -0.116. The van der Waals surface area contributed by atoms with Crippen molar-refractivity contribution in [3.63, 3.8) is 0 Å². The fourth-order valence-electron chi connectivity index (χ4n) is 3.30. The molecule has 0 saturated carbocycles. The van der Waals surface area contributed by atoms with E-state index in [2.05, 4.69) is 5.32 Å². The van der Waals surface area contributed by atoms with Crippen molar-refractivity contribution in [1.82, 2.24) is 4.90 Å². The fourth-order valence-corrected chi connectivity index (χ4v) is 3.30. The number of nitrogens with one attached hydrogen (secondary N) is 1. The molecule has 0 aliphatic carbocycles. The topological polar surface area (TPSA) is 49.4 Å². The zero-order chi connectivity index (χ0) is 19.4. The van der Waals surface area contributed by atoms with Crippen molar-refractivity contribution >= 4 is 17.5 Å². The normalized spacial score (nSPS) is 13.7. The van der Waals surface area contributed by atoms with Crippen LogP contribution in [0.2, 0.25) is 0 Å². The van der Waals surface area contributed by atoms with Crippen LogP contribution in [-0.2, 0) is 11.2 Å². The number of rotatable bonds is 5. The maximum absolute atomic E-state index is 13.3. The Morgan fingerprint density at radius 1 is 1.07 bits per heavy atom. The highest BCUT2D eigenvalue weighted by Crippen LogP contribution is 2.24. The molecule has 1 heterocycles. The molecular formula is C21H22F2N2O2. The molecule has 6 heteroatoms. The van der Waals surface area contributed by atoms with Gasteiger partial charge >= 0.3 is 0 Å². The minimum Gasteiger partial charge on any atom is -0.339 e. The summed E-state index contributed by atoms with van der Waals surface area (Å²) in [6.45, 7) is 3.31. The Morgan fingerprint density at radius 2 is 1.81 bits per heavy atom. The standard InChI is InChI=1S/C21H22F2N2O2/c1-14-5-4-6-18(20(14)21(27)25-11-2-3-12-25)24-19(26)10-8-15-7-9-16(22)17(23)13-15/h4-7,9,13H,2-3,8,10-12H2,1H3,(H,24,26). The van der Waals surface area contributed by atoms with Gasteiger partial charge in [-0.05, 0) is 55.5 Å². The molecule has 1 aliphatic heterocycles. The van der Waals surface area contributed by atoms with E-state index in [1.807, 2.05) is 13.0 Å². The first-order valence-corrected chi connectivity index (χ1v) is 9.08.